The fourth-order valence-electron chi connectivity index (χ4n) is 3.49. The molecule has 7 nitrogen and oxygen atoms in total. The Bertz CT molecular complexity index is 1140. The molecule has 0 radical (unpaired) electrons. The first-order chi connectivity index (χ1) is 14.0. The second-order valence-corrected chi connectivity index (χ2v) is 7.48. The number of hydrogen-bond acceptors (Lipinski definition) is 6. The molecule has 1 saturated heterocycles. The number of halogens is 1. The molecule has 0 unspecified atom stereocenters. The van der Waals surface area contributed by atoms with E-state index in [2.05, 4.69) is 16.8 Å². The van der Waals surface area contributed by atoms with Crippen LogP contribution >= 0.6 is 11.6 Å². The number of carbonyl (C=O) groups is 1. The number of methoxy groups -OCH3 is 1. The number of fused-ring (bicyclic) bond motifs is 1. The molecule has 1 aliphatic heterocycles. The maximum atomic E-state index is 13.4. The first-order valence-electron chi connectivity index (χ1n) is 9.32. The first-order valence-corrected chi connectivity index (χ1v) is 9.70. The molecule has 0 saturated carbocycles. The highest BCUT2D eigenvalue weighted by molar-refractivity contribution is 6.30. The standard InChI is InChI=1S/C21H21ClN4O3/c1-24-8-10-25(11-9-24)21-23-18-12-14(20(28)29-2)6-7-17(18)19(27)26(21)16-5-3-4-15(22)13-16/h3-7,12-13H,8-11H2,1-2H3. The van der Waals surface area contributed by atoms with Crippen molar-refractivity contribution < 1.29 is 9.53 Å². The number of anilines is 1. The molecule has 0 aliphatic carbocycles. The molecule has 0 atom stereocenters. The number of hydrogen-bond donors (Lipinski definition) is 0. The molecule has 4 rings (SSSR count). The van der Waals surface area contributed by atoms with Crippen LogP contribution in [0.25, 0.3) is 16.6 Å². The van der Waals surface area contributed by atoms with E-state index < -0.39 is 5.97 Å². The third-order valence-corrected chi connectivity index (χ3v) is 5.36. The minimum absolute atomic E-state index is 0.206. The number of aromatic nitrogens is 2. The molecule has 2 heterocycles. The SMILES string of the molecule is COC(=O)c1ccc2c(=O)n(-c3cccc(Cl)c3)c(N3CCN(C)CC3)nc2c1. The summed E-state index contributed by atoms with van der Waals surface area (Å²) in [7, 11) is 3.39. The van der Waals surface area contributed by atoms with Crippen LogP contribution in [0.1, 0.15) is 10.4 Å². The highest BCUT2D eigenvalue weighted by Gasteiger charge is 2.22. The summed E-state index contributed by atoms with van der Waals surface area (Å²) in [5, 5.41) is 0.968. The van der Waals surface area contributed by atoms with Crippen LogP contribution in [0.3, 0.4) is 0 Å². The summed E-state index contributed by atoms with van der Waals surface area (Å²) in [6, 6.07) is 12.0. The van der Waals surface area contributed by atoms with Crippen molar-refractivity contribution in [2.45, 2.75) is 0 Å². The summed E-state index contributed by atoms with van der Waals surface area (Å²) in [6.07, 6.45) is 0. The molecular formula is C21H21ClN4O3. The zero-order valence-corrected chi connectivity index (χ0v) is 17.0. The lowest BCUT2D eigenvalue weighted by atomic mass is 10.1. The van der Waals surface area contributed by atoms with Gasteiger partial charge in [0.1, 0.15) is 0 Å². The Morgan fingerprint density at radius 2 is 1.86 bits per heavy atom. The van der Waals surface area contributed by atoms with Gasteiger partial charge in [0, 0.05) is 31.2 Å². The van der Waals surface area contributed by atoms with Crippen molar-refractivity contribution in [1.29, 1.82) is 0 Å². The summed E-state index contributed by atoms with van der Waals surface area (Å²) < 4.78 is 6.39. The van der Waals surface area contributed by atoms with E-state index in [1.807, 2.05) is 12.1 Å². The van der Waals surface area contributed by atoms with Gasteiger partial charge in [-0.3, -0.25) is 4.79 Å². The molecule has 1 aliphatic rings. The molecule has 0 N–H and O–H groups in total. The lowest BCUT2D eigenvalue weighted by Crippen LogP contribution is -2.46. The normalized spacial score (nSPS) is 14.9. The molecule has 2 aromatic carbocycles. The lowest BCUT2D eigenvalue weighted by Gasteiger charge is -2.34. The molecule has 1 aromatic heterocycles. The average molecular weight is 413 g/mol. The lowest BCUT2D eigenvalue weighted by molar-refractivity contribution is 0.0601. The van der Waals surface area contributed by atoms with Gasteiger partial charge in [0.15, 0.2) is 0 Å². The smallest absolute Gasteiger partial charge is 0.337 e. The summed E-state index contributed by atoms with van der Waals surface area (Å²) >= 11 is 6.19. The number of likely N-dealkylation sites (N-methyl/N-ethyl adjacent to an activating group) is 1. The monoisotopic (exact) mass is 412 g/mol. The summed E-state index contributed by atoms with van der Waals surface area (Å²) in [4.78, 5) is 34.5. The number of esters is 1. The van der Waals surface area contributed by atoms with Crippen LogP contribution in [-0.2, 0) is 4.74 Å². The van der Waals surface area contributed by atoms with Crippen molar-refractivity contribution in [2.75, 3.05) is 45.2 Å². The maximum Gasteiger partial charge on any atom is 0.337 e. The van der Waals surface area contributed by atoms with Crippen molar-refractivity contribution in [3.05, 3.63) is 63.4 Å². The molecule has 1 fully saturated rings. The van der Waals surface area contributed by atoms with Gasteiger partial charge >= 0.3 is 5.97 Å². The minimum Gasteiger partial charge on any atom is -0.465 e. The molecule has 29 heavy (non-hydrogen) atoms. The number of carbonyl (C=O) groups excluding carboxylic acids is 1. The predicted octanol–water partition coefficient (Wildman–Crippen LogP) is 2.58. The molecule has 0 bridgehead atoms. The molecule has 150 valence electrons. The van der Waals surface area contributed by atoms with Gasteiger partial charge in [0.25, 0.3) is 5.56 Å². The van der Waals surface area contributed by atoms with Crippen molar-refractivity contribution in [1.82, 2.24) is 14.5 Å². The van der Waals surface area contributed by atoms with Crippen LogP contribution in [0, 0.1) is 0 Å². The summed E-state index contributed by atoms with van der Waals surface area (Å²) in [6.45, 7) is 3.22. The van der Waals surface area contributed by atoms with Crippen molar-refractivity contribution in [3.63, 3.8) is 0 Å². The number of rotatable bonds is 3. The fraction of sp³-hybridized carbons (Fsp3) is 0.286. The predicted molar refractivity (Wildman–Crippen MR) is 113 cm³/mol. The highest BCUT2D eigenvalue weighted by Crippen LogP contribution is 2.23. The molecular weight excluding hydrogens is 392 g/mol. The summed E-state index contributed by atoms with van der Waals surface area (Å²) in [5.74, 6) is 0.0775. The van der Waals surface area contributed by atoms with Gasteiger partial charge in [-0.25, -0.2) is 14.3 Å². The van der Waals surface area contributed by atoms with E-state index in [1.54, 1.807) is 34.9 Å². The minimum atomic E-state index is -0.464. The van der Waals surface area contributed by atoms with Gasteiger partial charge in [0.05, 0.1) is 29.3 Å². The molecule has 8 heteroatoms. The average Bonchev–Trinajstić information content (AvgIpc) is 2.73. The van der Waals surface area contributed by atoms with E-state index in [0.717, 1.165) is 26.2 Å². The highest BCUT2D eigenvalue weighted by atomic mass is 35.5. The van der Waals surface area contributed by atoms with Crippen LogP contribution in [0.4, 0.5) is 5.95 Å². The third kappa shape index (κ3) is 3.71. The Hall–Kier alpha value is -2.90. The van der Waals surface area contributed by atoms with E-state index in [-0.39, 0.29) is 5.56 Å². The molecule has 0 amide bonds. The van der Waals surface area contributed by atoms with Crippen LogP contribution in [0.15, 0.2) is 47.3 Å². The molecule has 0 spiro atoms. The fourth-order valence-corrected chi connectivity index (χ4v) is 3.67. The van der Waals surface area contributed by atoms with Gasteiger partial charge in [-0.2, -0.15) is 0 Å². The summed E-state index contributed by atoms with van der Waals surface area (Å²) in [5.41, 5.74) is 1.27. The van der Waals surface area contributed by atoms with Gasteiger partial charge < -0.3 is 14.5 Å². The Labute approximate surface area is 173 Å². The van der Waals surface area contributed by atoms with E-state index in [9.17, 15) is 9.59 Å². The molecule has 3 aromatic rings. The topological polar surface area (TPSA) is 67.7 Å². The zero-order valence-electron chi connectivity index (χ0n) is 16.3. The number of benzene rings is 2. The van der Waals surface area contributed by atoms with E-state index in [1.165, 1.54) is 7.11 Å². The van der Waals surface area contributed by atoms with Gasteiger partial charge in [-0.1, -0.05) is 17.7 Å². The van der Waals surface area contributed by atoms with E-state index in [4.69, 9.17) is 21.3 Å². The van der Waals surface area contributed by atoms with E-state index >= 15 is 0 Å². The second-order valence-electron chi connectivity index (χ2n) is 7.05. The van der Waals surface area contributed by atoms with Crippen LogP contribution in [-0.4, -0.2) is 60.8 Å². The zero-order chi connectivity index (χ0) is 20.5. The van der Waals surface area contributed by atoms with Crippen molar-refractivity contribution in [2.24, 2.45) is 0 Å². The largest absolute Gasteiger partial charge is 0.465 e. The number of nitrogens with zero attached hydrogens (tertiary/aromatic N) is 4. The van der Waals surface area contributed by atoms with Crippen LogP contribution in [0.2, 0.25) is 5.02 Å². The van der Waals surface area contributed by atoms with Crippen molar-refractivity contribution >= 4 is 34.4 Å². The van der Waals surface area contributed by atoms with Crippen LogP contribution in [0.5, 0.6) is 0 Å². The van der Waals surface area contributed by atoms with E-state index in [0.29, 0.717) is 33.1 Å². The maximum absolute atomic E-state index is 13.4. The Balaban J connectivity index is 1.96. The van der Waals surface area contributed by atoms with Gasteiger partial charge in [-0.05, 0) is 43.4 Å². The Kier molecular flexibility index (Phi) is 5.25. The van der Waals surface area contributed by atoms with Crippen molar-refractivity contribution in [3.8, 4) is 5.69 Å². The Morgan fingerprint density at radius 3 is 2.55 bits per heavy atom. The van der Waals surface area contributed by atoms with Crippen LogP contribution < -0.4 is 10.5 Å². The van der Waals surface area contributed by atoms with Gasteiger partial charge in [-0.15, -0.1) is 0 Å². The quantitative estimate of drug-likeness (QED) is 0.616. The van der Waals surface area contributed by atoms with Gasteiger partial charge in [0.2, 0.25) is 5.95 Å². The Morgan fingerprint density at radius 1 is 1.10 bits per heavy atom. The first kappa shape index (κ1) is 19.4. The second kappa shape index (κ2) is 7.85. The third-order valence-electron chi connectivity index (χ3n) is 5.13. The number of ether oxygens (including phenoxy) is 1. The number of piperazine rings is 1.